The molecular formula is C9H7N3O3. The fourth-order valence-electron chi connectivity index (χ4n) is 1.24. The predicted octanol–water partition coefficient (Wildman–Crippen LogP) is 0.259. The average Bonchev–Trinajstić information content (AvgIpc) is 2.62. The van der Waals surface area contributed by atoms with Crippen LogP contribution in [0, 0.1) is 0 Å². The van der Waals surface area contributed by atoms with E-state index in [1.807, 2.05) is 0 Å². The summed E-state index contributed by atoms with van der Waals surface area (Å²) in [5, 5.41) is 13.5. The molecule has 0 saturated heterocycles. The molecule has 0 unspecified atom stereocenters. The van der Waals surface area contributed by atoms with Gasteiger partial charge in [0.1, 0.15) is 0 Å². The Balaban J connectivity index is 2.32. The Morgan fingerprint density at radius 2 is 2.07 bits per heavy atom. The van der Waals surface area contributed by atoms with Gasteiger partial charge in [-0.3, -0.25) is 9.78 Å². The van der Waals surface area contributed by atoms with E-state index < -0.39 is 5.97 Å². The highest BCUT2D eigenvalue weighted by Crippen LogP contribution is 2.18. The summed E-state index contributed by atoms with van der Waals surface area (Å²) in [5.41, 5.74) is 0.378. The summed E-state index contributed by atoms with van der Waals surface area (Å²) < 4.78 is 0. The van der Waals surface area contributed by atoms with Crippen LogP contribution in [0.4, 0.5) is 5.69 Å². The number of carbonyl (C=O) groups excluding carboxylic acids is 1. The molecule has 0 saturated carbocycles. The van der Waals surface area contributed by atoms with Gasteiger partial charge in [0.2, 0.25) is 0 Å². The lowest BCUT2D eigenvalue weighted by atomic mass is 10.3. The number of amides is 1. The smallest absolute Gasteiger partial charge is 0.352 e. The number of hydrogen-bond donors (Lipinski definition) is 1. The first-order valence-electron chi connectivity index (χ1n) is 4.22. The van der Waals surface area contributed by atoms with Crippen molar-refractivity contribution >= 4 is 23.3 Å². The highest BCUT2D eigenvalue weighted by atomic mass is 16.4. The number of carboxylic acid groups (broad SMARTS) is 1. The first-order valence-corrected chi connectivity index (χ1v) is 4.22. The minimum absolute atomic E-state index is 0.142. The topological polar surface area (TPSA) is 82.9 Å². The van der Waals surface area contributed by atoms with Crippen molar-refractivity contribution in [1.29, 1.82) is 0 Å². The standard InChI is InChI=1S/C9H7N3O3/c13-8-5-7(9(14)15)11-12(8)6-1-3-10-4-2-6/h1-4H,5H2,(H,14,15). The van der Waals surface area contributed by atoms with E-state index in [2.05, 4.69) is 10.1 Å². The van der Waals surface area contributed by atoms with Gasteiger partial charge in [-0.1, -0.05) is 0 Å². The van der Waals surface area contributed by atoms with Crippen LogP contribution in [0.1, 0.15) is 6.42 Å². The molecule has 0 aliphatic carbocycles. The van der Waals surface area contributed by atoms with Gasteiger partial charge in [0.05, 0.1) is 12.1 Å². The number of pyridine rings is 1. The average molecular weight is 205 g/mol. The van der Waals surface area contributed by atoms with Crippen molar-refractivity contribution < 1.29 is 14.7 Å². The van der Waals surface area contributed by atoms with Gasteiger partial charge in [-0.25, -0.2) is 4.79 Å². The largest absolute Gasteiger partial charge is 0.477 e. The van der Waals surface area contributed by atoms with E-state index in [0.717, 1.165) is 5.01 Å². The quantitative estimate of drug-likeness (QED) is 0.750. The maximum Gasteiger partial charge on any atom is 0.352 e. The summed E-state index contributed by atoms with van der Waals surface area (Å²) in [7, 11) is 0. The van der Waals surface area contributed by atoms with Crippen LogP contribution in [-0.2, 0) is 9.59 Å². The SMILES string of the molecule is O=C(O)C1=NN(c2ccncc2)C(=O)C1. The zero-order valence-corrected chi connectivity index (χ0v) is 7.62. The molecule has 0 aromatic carbocycles. The third-order valence-corrected chi connectivity index (χ3v) is 1.93. The molecule has 15 heavy (non-hydrogen) atoms. The minimum Gasteiger partial charge on any atom is -0.477 e. The first kappa shape index (κ1) is 9.32. The Morgan fingerprint density at radius 1 is 1.40 bits per heavy atom. The van der Waals surface area contributed by atoms with Crippen molar-refractivity contribution in [3.63, 3.8) is 0 Å². The maximum atomic E-state index is 11.4. The van der Waals surface area contributed by atoms with Gasteiger partial charge < -0.3 is 5.11 Å². The summed E-state index contributed by atoms with van der Waals surface area (Å²) in [6, 6.07) is 3.18. The number of nitrogens with zero attached hydrogens (tertiary/aromatic N) is 3. The molecule has 2 rings (SSSR count). The van der Waals surface area contributed by atoms with E-state index in [-0.39, 0.29) is 18.0 Å². The summed E-state index contributed by atoms with van der Waals surface area (Å²) in [4.78, 5) is 25.8. The number of aliphatic carboxylic acids is 1. The van der Waals surface area contributed by atoms with Gasteiger partial charge in [-0.15, -0.1) is 0 Å². The van der Waals surface area contributed by atoms with Crippen LogP contribution < -0.4 is 5.01 Å². The normalized spacial score (nSPS) is 15.3. The molecular weight excluding hydrogens is 198 g/mol. The summed E-state index contributed by atoms with van der Waals surface area (Å²) in [6.45, 7) is 0. The molecule has 6 nitrogen and oxygen atoms in total. The Bertz CT molecular complexity index is 441. The minimum atomic E-state index is -1.17. The van der Waals surface area contributed by atoms with E-state index in [4.69, 9.17) is 5.11 Å². The van der Waals surface area contributed by atoms with Crippen LogP contribution >= 0.6 is 0 Å². The van der Waals surface area contributed by atoms with Gasteiger partial charge in [0.25, 0.3) is 5.91 Å². The highest BCUT2D eigenvalue weighted by molar-refractivity contribution is 6.42. The third kappa shape index (κ3) is 1.69. The number of hydrazone groups is 1. The zero-order chi connectivity index (χ0) is 10.8. The molecule has 2 heterocycles. The summed E-state index contributed by atoms with van der Waals surface area (Å²) in [6.07, 6.45) is 2.85. The number of aromatic nitrogens is 1. The molecule has 1 N–H and O–H groups in total. The second-order valence-electron chi connectivity index (χ2n) is 2.94. The molecule has 0 radical (unpaired) electrons. The number of carboxylic acids is 1. The first-order chi connectivity index (χ1) is 7.18. The molecule has 76 valence electrons. The van der Waals surface area contributed by atoms with Crippen molar-refractivity contribution in [2.24, 2.45) is 5.10 Å². The molecule has 6 heteroatoms. The second kappa shape index (κ2) is 3.49. The fraction of sp³-hybridized carbons (Fsp3) is 0.111. The molecule has 1 aromatic rings. The van der Waals surface area contributed by atoms with Crippen molar-refractivity contribution in [2.75, 3.05) is 5.01 Å². The summed E-state index contributed by atoms with van der Waals surface area (Å²) in [5.74, 6) is -1.52. The second-order valence-corrected chi connectivity index (χ2v) is 2.94. The Morgan fingerprint density at radius 3 is 2.60 bits per heavy atom. The van der Waals surface area contributed by atoms with Crippen LogP contribution in [-0.4, -0.2) is 27.7 Å². The lowest BCUT2D eigenvalue weighted by molar-refractivity contribution is -0.129. The third-order valence-electron chi connectivity index (χ3n) is 1.93. The van der Waals surface area contributed by atoms with E-state index in [1.54, 1.807) is 12.1 Å². The Hall–Kier alpha value is -2.24. The van der Waals surface area contributed by atoms with Gasteiger partial charge in [-0.2, -0.15) is 10.1 Å². The van der Waals surface area contributed by atoms with Crippen molar-refractivity contribution in [3.8, 4) is 0 Å². The van der Waals surface area contributed by atoms with Crippen LogP contribution in [0.25, 0.3) is 0 Å². The zero-order valence-electron chi connectivity index (χ0n) is 7.62. The molecule has 1 aliphatic heterocycles. The maximum absolute atomic E-state index is 11.4. The monoisotopic (exact) mass is 205 g/mol. The van der Waals surface area contributed by atoms with Crippen LogP contribution in [0.2, 0.25) is 0 Å². The molecule has 1 aliphatic rings. The summed E-state index contributed by atoms with van der Waals surface area (Å²) >= 11 is 0. The van der Waals surface area contributed by atoms with Crippen LogP contribution in [0.5, 0.6) is 0 Å². The van der Waals surface area contributed by atoms with Crippen molar-refractivity contribution in [3.05, 3.63) is 24.5 Å². The van der Waals surface area contributed by atoms with Crippen LogP contribution in [0.3, 0.4) is 0 Å². The van der Waals surface area contributed by atoms with Gasteiger partial charge in [-0.05, 0) is 12.1 Å². The van der Waals surface area contributed by atoms with Crippen LogP contribution in [0.15, 0.2) is 29.6 Å². The number of carbonyl (C=O) groups is 2. The van der Waals surface area contributed by atoms with Gasteiger partial charge in [0, 0.05) is 12.4 Å². The molecule has 1 amide bonds. The van der Waals surface area contributed by atoms with Crippen molar-refractivity contribution in [2.45, 2.75) is 6.42 Å². The van der Waals surface area contributed by atoms with E-state index >= 15 is 0 Å². The Labute approximate surface area is 84.8 Å². The van der Waals surface area contributed by atoms with E-state index in [9.17, 15) is 9.59 Å². The molecule has 0 atom stereocenters. The molecule has 0 fully saturated rings. The lowest BCUT2D eigenvalue weighted by Crippen LogP contribution is -2.19. The van der Waals surface area contributed by atoms with E-state index in [0.29, 0.717) is 5.69 Å². The predicted molar refractivity (Wildman–Crippen MR) is 51.4 cm³/mol. The number of hydrogen-bond acceptors (Lipinski definition) is 4. The van der Waals surface area contributed by atoms with Crippen molar-refractivity contribution in [1.82, 2.24) is 4.98 Å². The highest BCUT2D eigenvalue weighted by Gasteiger charge is 2.28. The Kier molecular flexibility index (Phi) is 2.17. The van der Waals surface area contributed by atoms with Gasteiger partial charge in [0.15, 0.2) is 5.71 Å². The fourth-order valence-corrected chi connectivity index (χ4v) is 1.24. The molecule has 0 spiro atoms. The lowest BCUT2D eigenvalue weighted by Gasteiger charge is -2.09. The number of anilines is 1. The van der Waals surface area contributed by atoms with Gasteiger partial charge >= 0.3 is 5.97 Å². The molecule has 1 aromatic heterocycles. The molecule has 0 bridgehead atoms. The van der Waals surface area contributed by atoms with E-state index in [1.165, 1.54) is 12.4 Å². The number of rotatable bonds is 2.